The lowest BCUT2D eigenvalue weighted by Gasteiger charge is -2.42. The maximum atomic E-state index is 11.6. The van der Waals surface area contributed by atoms with Crippen molar-refractivity contribution in [1.82, 2.24) is 4.90 Å². The highest BCUT2D eigenvalue weighted by Gasteiger charge is 2.41. The van der Waals surface area contributed by atoms with Crippen molar-refractivity contribution in [3.63, 3.8) is 0 Å². The first-order chi connectivity index (χ1) is 6.74. The number of allylic oxidation sites excluding steroid dienone is 2. The second kappa shape index (κ2) is 3.61. The van der Waals surface area contributed by atoms with Gasteiger partial charge in [-0.3, -0.25) is 14.5 Å². The summed E-state index contributed by atoms with van der Waals surface area (Å²) in [5.41, 5.74) is 0.558. The molecule has 1 amide bonds. The Balaban J connectivity index is 2.21. The van der Waals surface area contributed by atoms with Gasteiger partial charge >= 0.3 is 0 Å². The summed E-state index contributed by atoms with van der Waals surface area (Å²) in [4.78, 5) is 24.5. The molecule has 2 aliphatic rings. The van der Waals surface area contributed by atoms with Crippen molar-refractivity contribution in [2.24, 2.45) is 0 Å². The molecule has 0 aliphatic carbocycles. The Kier molecular flexibility index (Phi) is 2.46. The Morgan fingerprint density at radius 2 is 2.50 bits per heavy atom. The van der Waals surface area contributed by atoms with Gasteiger partial charge in [-0.1, -0.05) is 6.08 Å². The number of β-lactam (4-membered cyclic amide) rings is 1. The van der Waals surface area contributed by atoms with Gasteiger partial charge in [-0.15, -0.1) is 11.8 Å². The first-order valence-electron chi connectivity index (χ1n) is 4.55. The van der Waals surface area contributed by atoms with Crippen LogP contribution in [-0.4, -0.2) is 27.7 Å². The number of ketones is 1. The molecule has 14 heavy (non-hydrogen) atoms. The minimum atomic E-state index is -0.0640. The van der Waals surface area contributed by atoms with Gasteiger partial charge in [0.15, 0.2) is 0 Å². The van der Waals surface area contributed by atoms with Crippen LogP contribution in [0.25, 0.3) is 0 Å². The fourth-order valence-corrected chi connectivity index (χ4v) is 2.72. The molecule has 0 unspecified atom stereocenters. The van der Waals surface area contributed by atoms with Crippen molar-refractivity contribution in [2.75, 3.05) is 5.75 Å². The molecule has 2 heterocycles. The predicted octanol–water partition coefficient (Wildman–Crippen LogP) is 1.32. The van der Waals surface area contributed by atoms with E-state index in [9.17, 15) is 9.59 Å². The first-order valence-corrected chi connectivity index (χ1v) is 5.59. The van der Waals surface area contributed by atoms with Crippen LogP contribution in [0.4, 0.5) is 0 Å². The van der Waals surface area contributed by atoms with Crippen LogP contribution in [0.2, 0.25) is 0 Å². The average Bonchev–Trinajstić information content (AvgIpc) is 2.16. The van der Waals surface area contributed by atoms with Crippen molar-refractivity contribution in [2.45, 2.75) is 18.7 Å². The minimum Gasteiger partial charge on any atom is -0.296 e. The van der Waals surface area contributed by atoms with Crippen LogP contribution in [0.5, 0.6) is 0 Å². The molecule has 0 bridgehead atoms. The van der Waals surface area contributed by atoms with Gasteiger partial charge in [0, 0.05) is 5.75 Å². The Labute approximate surface area is 86.8 Å². The van der Waals surface area contributed by atoms with Gasteiger partial charge in [-0.25, -0.2) is 0 Å². The predicted molar refractivity (Wildman–Crippen MR) is 55.6 cm³/mol. The molecule has 0 aromatic rings. The number of nitrogens with zero attached hydrogens (tertiary/aromatic N) is 1. The van der Waals surface area contributed by atoms with E-state index in [2.05, 4.69) is 0 Å². The molecule has 2 rings (SSSR count). The van der Waals surface area contributed by atoms with Crippen molar-refractivity contribution in [1.29, 1.82) is 0 Å². The van der Waals surface area contributed by atoms with E-state index in [0.29, 0.717) is 12.1 Å². The number of carbonyl (C=O) groups excluding carboxylic acids is 2. The van der Waals surface area contributed by atoms with Crippen LogP contribution >= 0.6 is 11.8 Å². The number of hydrogen-bond donors (Lipinski definition) is 0. The molecular formula is C10H11NO2S. The van der Waals surface area contributed by atoms with E-state index in [0.717, 1.165) is 5.75 Å². The molecule has 1 saturated heterocycles. The molecule has 1 fully saturated rings. The van der Waals surface area contributed by atoms with Gasteiger partial charge in [0.2, 0.25) is 11.7 Å². The normalized spacial score (nSPS) is 25.8. The second-order valence-electron chi connectivity index (χ2n) is 3.21. The minimum absolute atomic E-state index is 0.0614. The lowest BCUT2D eigenvalue weighted by atomic mass is 10.1. The van der Waals surface area contributed by atoms with Gasteiger partial charge in [-0.05, 0) is 19.1 Å². The fourth-order valence-electron chi connectivity index (χ4n) is 1.60. The van der Waals surface area contributed by atoms with Crippen LogP contribution in [0.15, 0.2) is 23.9 Å². The topological polar surface area (TPSA) is 37.4 Å². The number of amides is 1. The number of fused-ring (bicyclic) bond motifs is 1. The fraction of sp³-hybridized carbons (Fsp3) is 0.400. The zero-order valence-corrected chi connectivity index (χ0v) is 8.71. The van der Waals surface area contributed by atoms with Gasteiger partial charge < -0.3 is 0 Å². The molecule has 74 valence electrons. The van der Waals surface area contributed by atoms with Crippen LogP contribution in [-0.2, 0) is 9.59 Å². The summed E-state index contributed by atoms with van der Waals surface area (Å²) >= 11 is 1.71. The van der Waals surface area contributed by atoms with Crippen LogP contribution < -0.4 is 0 Å². The number of carbonyl (C=O) groups is 2. The number of hydrogen-bond acceptors (Lipinski definition) is 3. The lowest BCUT2D eigenvalue weighted by Crippen LogP contribution is -2.52. The van der Waals surface area contributed by atoms with E-state index in [1.807, 2.05) is 6.08 Å². The molecule has 0 radical (unpaired) electrons. The molecular weight excluding hydrogens is 198 g/mol. The van der Waals surface area contributed by atoms with E-state index in [1.165, 1.54) is 6.08 Å². The molecule has 4 heteroatoms. The molecule has 1 atom stereocenters. The maximum Gasteiger partial charge on any atom is 0.231 e. The molecule has 0 spiro atoms. The zero-order valence-electron chi connectivity index (χ0n) is 7.90. The largest absolute Gasteiger partial charge is 0.296 e. The third kappa shape index (κ3) is 1.39. The van der Waals surface area contributed by atoms with Crippen LogP contribution in [0.1, 0.15) is 13.3 Å². The maximum absolute atomic E-state index is 11.6. The molecule has 2 aliphatic heterocycles. The molecule has 0 aromatic carbocycles. The Bertz CT molecular complexity index is 346. The van der Waals surface area contributed by atoms with Crippen LogP contribution in [0, 0.1) is 0 Å². The number of rotatable bonds is 2. The summed E-state index contributed by atoms with van der Waals surface area (Å²) in [7, 11) is 0. The third-order valence-corrected chi connectivity index (χ3v) is 3.42. The van der Waals surface area contributed by atoms with E-state index in [1.54, 1.807) is 29.7 Å². The zero-order chi connectivity index (χ0) is 10.1. The summed E-state index contributed by atoms with van der Waals surface area (Å²) in [6.07, 6.45) is 5.61. The van der Waals surface area contributed by atoms with Gasteiger partial charge in [0.1, 0.15) is 0 Å². The molecule has 0 saturated carbocycles. The first kappa shape index (κ1) is 9.52. The smallest absolute Gasteiger partial charge is 0.231 e. The SMILES string of the molecule is CC=CC(=O)C1=CCS[C@H]2CC(=O)N12. The highest BCUT2D eigenvalue weighted by molar-refractivity contribution is 8.00. The highest BCUT2D eigenvalue weighted by Crippen LogP contribution is 2.37. The van der Waals surface area contributed by atoms with E-state index >= 15 is 0 Å². The quantitative estimate of drug-likeness (QED) is 0.508. The molecule has 3 nitrogen and oxygen atoms in total. The van der Waals surface area contributed by atoms with Gasteiger partial charge in [-0.2, -0.15) is 0 Å². The van der Waals surface area contributed by atoms with Crippen molar-refractivity contribution in [3.8, 4) is 0 Å². The monoisotopic (exact) mass is 209 g/mol. The second-order valence-corrected chi connectivity index (χ2v) is 4.42. The average molecular weight is 209 g/mol. The molecule has 0 aromatic heterocycles. The molecule has 0 N–H and O–H groups in total. The highest BCUT2D eigenvalue weighted by atomic mass is 32.2. The van der Waals surface area contributed by atoms with E-state index in [-0.39, 0.29) is 17.1 Å². The van der Waals surface area contributed by atoms with Crippen molar-refractivity contribution >= 4 is 23.5 Å². The van der Waals surface area contributed by atoms with Crippen LogP contribution in [0.3, 0.4) is 0 Å². The van der Waals surface area contributed by atoms with Crippen molar-refractivity contribution in [3.05, 3.63) is 23.9 Å². The summed E-state index contributed by atoms with van der Waals surface area (Å²) < 4.78 is 0. The third-order valence-electron chi connectivity index (χ3n) is 2.30. The Morgan fingerprint density at radius 1 is 1.71 bits per heavy atom. The van der Waals surface area contributed by atoms with Gasteiger partial charge in [0.25, 0.3) is 0 Å². The Morgan fingerprint density at radius 3 is 3.14 bits per heavy atom. The lowest BCUT2D eigenvalue weighted by molar-refractivity contribution is -0.140. The standard InChI is InChI=1S/C10H11NO2S/c1-2-3-8(12)7-4-5-14-10-6-9(13)11(7)10/h2-4,10H,5-6H2,1H3/t10-/m0/s1. The number of thioether (sulfide) groups is 1. The van der Waals surface area contributed by atoms with Gasteiger partial charge in [0.05, 0.1) is 17.5 Å². The summed E-state index contributed by atoms with van der Waals surface area (Å²) in [5.74, 6) is 0.824. The Hall–Kier alpha value is -1.03. The van der Waals surface area contributed by atoms with E-state index < -0.39 is 0 Å². The summed E-state index contributed by atoms with van der Waals surface area (Å²) in [6, 6.07) is 0. The van der Waals surface area contributed by atoms with E-state index in [4.69, 9.17) is 0 Å². The summed E-state index contributed by atoms with van der Waals surface area (Å²) in [6.45, 7) is 1.80. The summed E-state index contributed by atoms with van der Waals surface area (Å²) in [5, 5.41) is 0.205. The van der Waals surface area contributed by atoms with Crippen molar-refractivity contribution < 1.29 is 9.59 Å².